The van der Waals surface area contributed by atoms with Crippen LogP contribution < -0.4 is 21.5 Å². The summed E-state index contributed by atoms with van der Waals surface area (Å²) in [5, 5.41) is 0. The topological polar surface area (TPSA) is 3.88 Å². The Hall–Kier alpha value is -0.630. The summed E-state index contributed by atoms with van der Waals surface area (Å²) in [6.07, 6.45) is 8.65. The van der Waals surface area contributed by atoms with Gasteiger partial charge >= 0.3 is 0 Å². The number of allylic oxidation sites excluding steroid dienone is 1. The van der Waals surface area contributed by atoms with Crippen molar-refractivity contribution in [3.05, 3.63) is 43.2 Å². The van der Waals surface area contributed by atoms with E-state index in [1.54, 1.807) is 0 Å². The first-order valence-electron chi connectivity index (χ1n) is 4.93. The molecule has 0 saturated carbocycles. The average Bonchev–Trinajstić information content (AvgIpc) is 2.21. The zero-order valence-corrected chi connectivity index (χ0v) is 10.3. The van der Waals surface area contributed by atoms with Gasteiger partial charge in [0.25, 0.3) is 0 Å². The number of nitrogens with zero attached hydrogens (tertiary/aromatic N) is 1. The molecule has 1 heterocycles. The van der Waals surface area contributed by atoms with Gasteiger partial charge < -0.3 is 17.0 Å². The largest absolute Gasteiger partial charge is 1.00 e. The molecule has 1 unspecified atom stereocenters. The minimum Gasteiger partial charge on any atom is -1.00 e. The lowest BCUT2D eigenvalue weighted by Gasteiger charge is -2.05. The van der Waals surface area contributed by atoms with E-state index in [1.165, 1.54) is 12.8 Å². The lowest BCUT2D eigenvalue weighted by molar-refractivity contribution is -0.698. The van der Waals surface area contributed by atoms with Crippen molar-refractivity contribution >= 4 is 0 Å². The molecule has 1 atom stereocenters. The summed E-state index contributed by atoms with van der Waals surface area (Å²) >= 11 is 0. The highest BCUT2D eigenvalue weighted by Crippen LogP contribution is 2.07. The number of halogens is 1. The van der Waals surface area contributed by atoms with Crippen molar-refractivity contribution in [1.82, 2.24) is 0 Å². The number of aromatic nitrogens is 1. The summed E-state index contributed by atoms with van der Waals surface area (Å²) in [4.78, 5) is 0. The molecule has 1 aromatic rings. The smallest absolute Gasteiger partial charge is 0.168 e. The standard InChI is InChI=1S/C12H18N.BrH/c1-3-12(4-2)8-11-13-9-6-5-7-10-13;/h3,5-7,9-10,12H,1,4,8,11H2,2H3;1H/q+1;/p-1. The van der Waals surface area contributed by atoms with Crippen molar-refractivity contribution in [2.24, 2.45) is 5.92 Å². The second kappa shape index (κ2) is 7.74. The van der Waals surface area contributed by atoms with Crippen molar-refractivity contribution in [3.63, 3.8) is 0 Å². The first kappa shape index (κ1) is 13.4. The van der Waals surface area contributed by atoms with E-state index < -0.39 is 0 Å². The van der Waals surface area contributed by atoms with Gasteiger partial charge in [-0.1, -0.05) is 19.1 Å². The fourth-order valence-corrected chi connectivity index (χ4v) is 1.39. The fourth-order valence-electron chi connectivity index (χ4n) is 1.39. The van der Waals surface area contributed by atoms with E-state index in [4.69, 9.17) is 0 Å². The molecule has 1 rings (SSSR count). The Morgan fingerprint density at radius 2 is 1.93 bits per heavy atom. The van der Waals surface area contributed by atoms with E-state index in [0.717, 1.165) is 6.54 Å². The van der Waals surface area contributed by atoms with E-state index in [-0.39, 0.29) is 17.0 Å². The second-order valence-corrected chi connectivity index (χ2v) is 3.31. The molecule has 0 fully saturated rings. The van der Waals surface area contributed by atoms with E-state index in [1.807, 2.05) is 6.07 Å². The third kappa shape index (κ3) is 4.56. The van der Waals surface area contributed by atoms with Crippen LogP contribution in [0.1, 0.15) is 19.8 Å². The average molecular weight is 256 g/mol. The third-order valence-electron chi connectivity index (χ3n) is 2.39. The molecule has 0 aliphatic rings. The molecule has 0 aliphatic carbocycles. The quantitative estimate of drug-likeness (QED) is 0.498. The highest BCUT2D eigenvalue weighted by atomic mass is 79.9. The minimum absolute atomic E-state index is 0. The summed E-state index contributed by atoms with van der Waals surface area (Å²) in [5.74, 6) is 0.660. The van der Waals surface area contributed by atoms with E-state index in [2.05, 4.69) is 48.7 Å². The van der Waals surface area contributed by atoms with Crippen molar-refractivity contribution in [3.8, 4) is 0 Å². The van der Waals surface area contributed by atoms with Gasteiger partial charge in [0.2, 0.25) is 0 Å². The van der Waals surface area contributed by atoms with Crippen molar-refractivity contribution in [2.45, 2.75) is 26.3 Å². The molecular weight excluding hydrogens is 238 g/mol. The molecule has 78 valence electrons. The first-order valence-corrected chi connectivity index (χ1v) is 4.93. The highest BCUT2D eigenvalue weighted by Gasteiger charge is 2.04. The molecule has 14 heavy (non-hydrogen) atoms. The van der Waals surface area contributed by atoms with Crippen molar-refractivity contribution in [2.75, 3.05) is 0 Å². The van der Waals surface area contributed by atoms with Gasteiger partial charge in [-0.3, -0.25) is 0 Å². The van der Waals surface area contributed by atoms with Crippen molar-refractivity contribution < 1.29 is 21.5 Å². The lowest BCUT2D eigenvalue weighted by Crippen LogP contribution is -3.00. The molecule has 0 amide bonds. The van der Waals surface area contributed by atoms with Gasteiger partial charge in [0.1, 0.15) is 6.54 Å². The summed E-state index contributed by atoms with van der Waals surface area (Å²) in [7, 11) is 0. The van der Waals surface area contributed by atoms with Gasteiger partial charge in [-0.25, -0.2) is 4.57 Å². The van der Waals surface area contributed by atoms with Crippen LogP contribution in [0, 0.1) is 5.92 Å². The van der Waals surface area contributed by atoms with E-state index in [0.29, 0.717) is 5.92 Å². The molecule has 0 saturated heterocycles. The van der Waals surface area contributed by atoms with Crippen LogP contribution >= 0.6 is 0 Å². The predicted molar refractivity (Wildman–Crippen MR) is 55.2 cm³/mol. The zero-order valence-electron chi connectivity index (χ0n) is 8.70. The molecule has 2 heteroatoms. The third-order valence-corrected chi connectivity index (χ3v) is 2.39. The normalized spacial score (nSPS) is 11.5. The fraction of sp³-hybridized carbons (Fsp3) is 0.417. The first-order chi connectivity index (χ1) is 6.36. The Bertz CT molecular complexity index is 246. The number of pyridine rings is 1. The Morgan fingerprint density at radius 1 is 1.29 bits per heavy atom. The molecular formula is C12H18BrN. The van der Waals surface area contributed by atoms with Gasteiger partial charge in [0, 0.05) is 18.6 Å². The summed E-state index contributed by atoms with van der Waals surface area (Å²) < 4.78 is 2.21. The lowest BCUT2D eigenvalue weighted by atomic mass is 10.0. The Kier molecular flexibility index (Phi) is 7.40. The zero-order chi connectivity index (χ0) is 9.52. The Balaban J connectivity index is 0.00000169. The maximum absolute atomic E-state index is 3.83. The highest BCUT2D eigenvalue weighted by molar-refractivity contribution is 4.83. The summed E-state index contributed by atoms with van der Waals surface area (Å²) in [5.41, 5.74) is 0. The van der Waals surface area contributed by atoms with E-state index in [9.17, 15) is 0 Å². The number of aryl methyl sites for hydroxylation is 1. The monoisotopic (exact) mass is 255 g/mol. The van der Waals surface area contributed by atoms with Gasteiger partial charge in [-0.2, -0.15) is 0 Å². The Morgan fingerprint density at radius 3 is 2.43 bits per heavy atom. The van der Waals surface area contributed by atoms with Crippen LogP contribution in [-0.4, -0.2) is 0 Å². The van der Waals surface area contributed by atoms with Gasteiger partial charge in [-0.05, 0) is 12.3 Å². The van der Waals surface area contributed by atoms with Crippen LogP contribution in [0.4, 0.5) is 0 Å². The minimum atomic E-state index is 0. The number of hydrogen-bond donors (Lipinski definition) is 0. The molecule has 0 bridgehead atoms. The van der Waals surface area contributed by atoms with Crippen LogP contribution in [0.25, 0.3) is 0 Å². The van der Waals surface area contributed by atoms with Crippen LogP contribution in [0.2, 0.25) is 0 Å². The summed E-state index contributed by atoms with van der Waals surface area (Å²) in [6, 6.07) is 6.17. The summed E-state index contributed by atoms with van der Waals surface area (Å²) in [6.45, 7) is 7.13. The molecule has 0 radical (unpaired) electrons. The Labute approximate surface area is 97.2 Å². The second-order valence-electron chi connectivity index (χ2n) is 3.31. The molecule has 0 aliphatic heterocycles. The maximum Gasteiger partial charge on any atom is 0.168 e. The SMILES string of the molecule is C=CC(CC)CC[n+]1ccccc1.[Br-]. The van der Waals surface area contributed by atoms with E-state index >= 15 is 0 Å². The van der Waals surface area contributed by atoms with Gasteiger partial charge in [0.05, 0.1) is 0 Å². The van der Waals surface area contributed by atoms with Gasteiger partial charge in [0.15, 0.2) is 12.4 Å². The van der Waals surface area contributed by atoms with Crippen LogP contribution in [-0.2, 0) is 6.54 Å². The maximum atomic E-state index is 3.83. The van der Waals surface area contributed by atoms with Crippen LogP contribution in [0.3, 0.4) is 0 Å². The van der Waals surface area contributed by atoms with Gasteiger partial charge in [-0.15, -0.1) is 6.58 Å². The van der Waals surface area contributed by atoms with Crippen molar-refractivity contribution in [1.29, 1.82) is 0 Å². The molecule has 1 nitrogen and oxygen atoms in total. The molecule has 0 spiro atoms. The number of rotatable bonds is 5. The molecule has 1 aromatic heterocycles. The van der Waals surface area contributed by atoms with Crippen LogP contribution in [0.5, 0.6) is 0 Å². The molecule has 0 N–H and O–H groups in total. The number of hydrogen-bond acceptors (Lipinski definition) is 0. The molecule has 0 aromatic carbocycles. The van der Waals surface area contributed by atoms with Crippen LogP contribution in [0.15, 0.2) is 43.2 Å². The predicted octanol–water partition coefficient (Wildman–Crippen LogP) is -0.420.